The summed E-state index contributed by atoms with van der Waals surface area (Å²) in [6.07, 6.45) is 1.39. The van der Waals surface area contributed by atoms with Gasteiger partial charge in [-0.25, -0.2) is 0 Å². The summed E-state index contributed by atoms with van der Waals surface area (Å²) >= 11 is 10.1. The van der Waals surface area contributed by atoms with Crippen LogP contribution in [-0.4, -0.2) is 0 Å². The van der Waals surface area contributed by atoms with Crippen LogP contribution in [0.5, 0.6) is 5.75 Å². The van der Waals surface area contributed by atoms with Crippen molar-refractivity contribution in [1.29, 1.82) is 0 Å². The van der Waals surface area contributed by atoms with Crippen molar-refractivity contribution < 1.29 is 4.74 Å². The maximum atomic E-state index is 5.14. The third kappa shape index (κ3) is 2.12. The van der Waals surface area contributed by atoms with Crippen LogP contribution in [0.4, 0.5) is 0 Å². The molecule has 0 amide bonds. The highest BCUT2D eigenvalue weighted by Crippen LogP contribution is 2.37. The predicted molar refractivity (Wildman–Crippen MR) is 60.4 cm³/mol. The summed E-state index contributed by atoms with van der Waals surface area (Å²) in [5.41, 5.74) is 0. The Labute approximate surface area is 96.2 Å². The van der Waals surface area contributed by atoms with Gasteiger partial charge in [0.05, 0.1) is 10.7 Å². The normalized spacial score (nSPS) is 9.58. The van der Waals surface area contributed by atoms with Crippen LogP contribution in [-0.2, 0) is 0 Å². The van der Waals surface area contributed by atoms with Crippen LogP contribution in [0, 0.1) is 0 Å². The maximum absolute atomic E-state index is 5.14. The van der Waals surface area contributed by atoms with Gasteiger partial charge in [0.15, 0.2) is 0 Å². The molecule has 0 aliphatic rings. The first-order chi connectivity index (χ1) is 5.66. The second-order valence-electron chi connectivity index (χ2n) is 1.96. The van der Waals surface area contributed by atoms with Crippen molar-refractivity contribution in [3.63, 3.8) is 0 Å². The molecular weight excluding hydrogens is 352 g/mol. The molecule has 1 aromatic rings. The zero-order valence-electron chi connectivity index (χ0n) is 5.98. The largest absolute Gasteiger partial charge is 0.464 e. The molecule has 0 fully saturated rings. The average molecular weight is 357 g/mol. The molecule has 1 aromatic carbocycles. The van der Waals surface area contributed by atoms with Gasteiger partial charge in [-0.1, -0.05) is 6.58 Å². The first kappa shape index (κ1) is 10.3. The van der Waals surface area contributed by atoms with E-state index in [1.165, 1.54) is 6.26 Å². The van der Waals surface area contributed by atoms with Crippen molar-refractivity contribution in [2.75, 3.05) is 0 Å². The van der Waals surface area contributed by atoms with Gasteiger partial charge in [-0.2, -0.15) is 0 Å². The minimum Gasteiger partial charge on any atom is -0.464 e. The van der Waals surface area contributed by atoms with Gasteiger partial charge in [0, 0.05) is 8.95 Å². The highest BCUT2D eigenvalue weighted by atomic mass is 79.9. The van der Waals surface area contributed by atoms with E-state index in [1.807, 2.05) is 12.1 Å². The molecule has 64 valence electrons. The SMILES string of the molecule is C=COc1ccc(Br)c(Br)c1Br. The Morgan fingerprint density at radius 3 is 2.42 bits per heavy atom. The van der Waals surface area contributed by atoms with Crippen molar-refractivity contribution in [2.24, 2.45) is 0 Å². The topological polar surface area (TPSA) is 9.23 Å². The molecule has 12 heavy (non-hydrogen) atoms. The molecule has 0 N–H and O–H groups in total. The number of benzene rings is 1. The molecule has 0 heterocycles. The Bertz CT molecular complexity index is 309. The van der Waals surface area contributed by atoms with Crippen LogP contribution in [0.25, 0.3) is 0 Å². The van der Waals surface area contributed by atoms with Crippen LogP contribution in [0.2, 0.25) is 0 Å². The van der Waals surface area contributed by atoms with E-state index in [0.717, 1.165) is 19.2 Å². The molecule has 0 spiro atoms. The Balaban J connectivity index is 3.16. The smallest absolute Gasteiger partial charge is 0.141 e. The van der Waals surface area contributed by atoms with Crippen LogP contribution in [0.3, 0.4) is 0 Å². The highest BCUT2D eigenvalue weighted by molar-refractivity contribution is 9.14. The molecule has 0 unspecified atom stereocenters. The van der Waals surface area contributed by atoms with Crippen LogP contribution < -0.4 is 4.74 Å². The second-order valence-corrected chi connectivity index (χ2v) is 4.40. The summed E-state index contributed by atoms with van der Waals surface area (Å²) in [5, 5.41) is 0. The van der Waals surface area contributed by atoms with Gasteiger partial charge in [-0.3, -0.25) is 0 Å². The van der Waals surface area contributed by atoms with E-state index < -0.39 is 0 Å². The fourth-order valence-corrected chi connectivity index (χ4v) is 2.05. The van der Waals surface area contributed by atoms with Crippen LogP contribution >= 0.6 is 47.8 Å². The summed E-state index contributed by atoms with van der Waals surface area (Å²) in [6.45, 7) is 3.48. The van der Waals surface area contributed by atoms with E-state index in [0.29, 0.717) is 0 Å². The molecule has 4 heteroatoms. The molecular formula is C8H5Br3O. The Kier molecular flexibility index (Phi) is 3.80. The molecule has 0 bridgehead atoms. The third-order valence-electron chi connectivity index (χ3n) is 1.21. The molecule has 0 radical (unpaired) electrons. The lowest BCUT2D eigenvalue weighted by molar-refractivity contribution is 0.480. The van der Waals surface area contributed by atoms with Crippen molar-refractivity contribution >= 4 is 47.8 Å². The standard InChI is InChI=1S/C8H5Br3O/c1-2-12-6-4-3-5(9)7(10)8(6)11/h2-4H,1H2. The van der Waals surface area contributed by atoms with Gasteiger partial charge in [-0.05, 0) is 59.9 Å². The van der Waals surface area contributed by atoms with Crippen molar-refractivity contribution in [1.82, 2.24) is 0 Å². The van der Waals surface area contributed by atoms with Gasteiger partial charge >= 0.3 is 0 Å². The highest BCUT2D eigenvalue weighted by Gasteiger charge is 2.06. The molecule has 0 atom stereocenters. The van der Waals surface area contributed by atoms with Crippen molar-refractivity contribution in [2.45, 2.75) is 0 Å². The van der Waals surface area contributed by atoms with Gasteiger partial charge in [-0.15, -0.1) is 0 Å². The van der Waals surface area contributed by atoms with Gasteiger partial charge in [0.2, 0.25) is 0 Å². The summed E-state index contributed by atoms with van der Waals surface area (Å²) in [7, 11) is 0. The van der Waals surface area contributed by atoms with E-state index in [9.17, 15) is 0 Å². The lowest BCUT2D eigenvalue weighted by Crippen LogP contribution is -1.83. The molecule has 0 aliphatic heterocycles. The molecule has 0 saturated carbocycles. The summed E-state index contributed by atoms with van der Waals surface area (Å²) in [5.74, 6) is 0.736. The summed E-state index contributed by atoms with van der Waals surface area (Å²) in [6, 6.07) is 3.74. The van der Waals surface area contributed by atoms with Crippen molar-refractivity contribution in [3.8, 4) is 5.75 Å². The lowest BCUT2D eigenvalue weighted by Gasteiger charge is -2.05. The first-order valence-electron chi connectivity index (χ1n) is 3.08. The number of rotatable bonds is 2. The Morgan fingerprint density at radius 1 is 1.17 bits per heavy atom. The minimum atomic E-state index is 0.736. The van der Waals surface area contributed by atoms with Gasteiger partial charge < -0.3 is 4.74 Å². The van der Waals surface area contributed by atoms with Gasteiger partial charge in [0.25, 0.3) is 0 Å². The Hall–Kier alpha value is 0.200. The fraction of sp³-hybridized carbons (Fsp3) is 0. The summed E-state index contributed by atoms with van der Waals surface area (Å²) in [4.78, 5) is 0. The van der Waals surface area contributed by atoms with E-state index >= 15 is 0 Å². The average Bonchev–Trinajstić information content (AvgIpc) is 2.07. The van der Waals surface area contributed by atoms with Crippen molar-refractivity contribution in [3.05, 3.63) is 38.4 Å². The third-order valence-corrected chi connectivity index (χ3v) is 4.55. The fourth-order valence-electron chi connectivity index (χ4n) is 0.689. The molecule has 1 nitrogen and oxygen atoms in total. The molecule has 0 saturated heterocycles. The molecule has 0 aromatic heterocycles. The van der Waals surface area contributed by atoms with E-state index in [2.05, 4.69) is 54.4 Å². The van der Waals surface area contributed by atoms with E-state index in [1.54, 1.807) is 0 Å². The maximum Gasteiger partial charge on any atom is 0.141 e. The van der Waals surface area contributed by atoms with Gasteiger partial charge in [0.1, 0.15) is 5.75 Å². The number of ether oxygens (including phenoxy) is 1. The van der Waals surface area contributed by atoms with Crippen LogP contribution in [0.15, 0.2) is 38.4 Å². The van der Waals surface area contributed by atoms with Crippen LogP contribution in [0.1, 0.15) is 0 Å². The predicted octanol–water partition coefficient (Wildman–Crippen LogP) is 4.50. The zero-order valence-corrected chi connectivity index (χ0v) is 10.7. The number of hydrogen-bond donors (Lipinski definition) is 0. The first-order valence-corrected chi connectivity index (χ1v) is 5.45. The second kappa shape index (κ2) is 4.44. The Morgan fingerprint density at radius 2 is 1.83 bits per heavy atom. The monoisotopic (exact) mass is 354 g/mol. The zero-order chi connectivity index (χ0) is 9.14. The summed E-state index contributed by atoms with van der Waals surface area (Å²) < 4.78 is 7.92. The quantitative estimate of drug-likeness (QED) is 0.560. The van der Waals surface area contributed by atoms with E-state index in [-0.39, 0.29) is 0 Å². The molecule has 0 aliphatic carbocycles. The lowest BCUT2D eigenvalue weighted by atomic mass is 10.3. The number of halogens is 3. The number of hydrogen-bond acceptors (Lipinski definition) is 1. The minimum absolute atomic E-state index is 0.736. The molecule has 1 rings (SSSR count). The van der Waals surface area contributed by atoms with E-state index in [4.69, 9.17) is 4.74 Å².